The van der Waals surface area contributed by atoms with Gasteiger partial charge >= 0.3 is 6.18 Å². The van der Waals surface area contributed by atoms with E-state index in [1.54, 1.807) is 43.3 Å². The number of sulfonamides is 1. The Bertz CT molecular complexity index is 1200. The average molecular weight is 483 g/mol. The first-order valence-corrected chi connectivity index (χ1v) is 11.9. The summed E-state index contributed by atoms with van der Waals surface area (Å²) in [5, 5.41) is 0. The number of benzene rings is 2. The third-order valence-corrected chi connectivity index (χ3v) is 6.02. The van der Waals surface area contributed by atoms with Crippen LogP contribution in [0.15, 0.2) is 48.5 Å². The second-order valence-electron chi connectivity index (χ2n) is 7.81. The van der Waals surface area contributed by atoms with E-state index >= 15 is 0 Å². The van der Waals surface area contributed by atoms with Crippen LogP contribution in [0.25, 0.3) is 11.0 Å². The number of nitrogens with one attached hydrogen (secondary N) is 1. The molecule has 178 valence electrons. The van der Waals surface area contributed by atoms with Crippen LogP contribution in [0, 0.1) is 0 Å². The number of para-hydroxylation sites is 2. The van der Waals surface area contributed by atoms with E-state index in [-0.39, 0.29) is 22.7 Å². The molecule has 0 bridgehead atoms. The summed E-state index contributed by atoms with van der Waals surface area (Å²) in [6, 6.07) is 12.3. The third-order valence-electron chi connectivity index (χ3n) is 4.57. The monoisotopic (exact) mass is 482 g/mol. The number of nitrogens with zero attached hydrogens (tertiary/aromatic N) is 3. The average Bonchev–Trinajstić information content (AvgIpc) is 2.71. The van der Waals surface area contributed by atoms with Crippen LogP contribution < -0.4 is 9.46 Å². The molecule has 2 aromatic carbocycles. The van der Waals surface area contributed by atoms with Gasteiger partial charge in [0.05, 0.1) is 16.8 Å². The molecule has 33 heavy (non-hydrogen) atoms. The number of hydrogen-bond acceptors (Lipinski definition) is 6. The Morgan fingerprint density at radius 2 is 1.64 bits per heavy atom. The molecule has 0 aliphatic carbocycles. The van der Waals surface area contributed by atoms with Gasteiger partial charge in [0.25, 0.3) is 5.88 Å². The molecule has 1 aromatic heterocycles. The maximum Gasteiger partial charge on any atom is 0.429 e. The maximum absolute atomic E-state index is 14.0. The standard InChI is InChI=1S/C22H25F3N4O3S/c1-4-13-33(30,31)28-20-21(27-18-8-6-5-7-17(18)26-20)32-19(22(23,24)25)16-11-9-15(10-12-16)14-29(2)3/h5-12,19H,4,13-14H2,1-3H3,(H,26,28). The molecule has 0 saturated heterocycles. The molecule has 0 spiro atoms. The SMILES string of the molecule is CCCS(=O)(=O)Nc1nc2ccccc2nc1OC(c1ccc(CN(C)C)cc1)C(F)(F)F. The zero-order valence-electron chi connectivity index (χ0n) is 18.4. The quantitative estimate of drug-likeness (QED) is 0.483. The van der Waals surface area contributed by atoms with Gasteiger partial charge in [0.15, 0.2) is 0 Å². The van der Waals surface area contributed by atoms with Crippen molar-refractivity contribution in [2.75, 3.05) is 24.6 Å². The highest BCUT2D eigenvalue weighted by Gasteiger charge is 2.44. The molecule has 1 N–H and O–H groups in total. The van der Waals surface area contributed by atoms with E-state index in [9.17, 15) is 21.6 Å². The fraction of sp³-hybridized carbons (Fsp3) is 0.364. The highest BCUT2D eigenvalue weighted by Crippen LogP contribution is 2.38. The van der Waals surface area contributed by atoms with Gasteiger partial charge in [-0.05, 0) is 38.2 Å². The van der Waals surface area contributed by atoms with Crippen LogP contribution >= 0.6 is 0 Å². The minimum Gasteiger partial charge on any atom is -0.457 e. The van der Waals surface area contributed by atoms with Crippen molar-refractivity contribution in [3.63, 3.8) is 0 Å². The molecule has 0 aliphatic heterocycles. The Morgan fingerprint density at radius 1 is 1.03 bits per heavy atom. The van der Waals surface area contributed by atoms with E-state index in [0.717, 1.165) is 5.56 Å². The van der Waals surface area contributed by atoms with Gasteiger partial charge in [0.1, 0.15) is 0 Å². The van der Waals surface area contributed by atoms with E-state index in [2.05, 4.69) is 14.7 Å². The van der Waals surface area contributed by atoms with Gasteiger partial charge in [-0.15, -0.1) is 0 Å². The molecule has 0 fully saturated rings. The smallest absolute Gasteiger partial charge is 0.429 e. The van der Waals surface area contributed by atoms with Crippen LogP contribution in [0.1, 0.15) is 30.6 Å². The topological polar surface area (TPSA) is 84.4 Å². The normalized spacial score (nSPS) is 13.3. The lowest BCUT2D eigenvalue weighted by Gasteiger charge is -2.23. The molecule has 1 heterocycles. The largest absolute Gasteiger partial charge is 0.457 e. The van der Waals surface area contributed by atoms with Crippen molar-refractivity contribution in [1.29, 1.82) is 0 Å². The van der Waals surface area contributed by atoms with Gasteiger partial charge in [0.2, 0.25) is 21.9 Å². The van der Waals surface area contributed by atoms with Gasteiger partial charge < -0.3 is 9.64 Å². The van der Waals surface area contributed by atoms with Gasteiger partial charge in [-0.2, -0.15) is 13.2 Å². The fourth-order valence-corrected chi connectivity index (χ4v) is 4.27. The Labute approximate surface area is 190 Å². The number of alkyl halides is 3. The first-order valence-electron chi connectivity index (χ1n) is 10.2. The summed E-state index contributed by atoms with van der Waals surface area (Å²) in [4.78, 5) is 10.2. The minimum absolute atomic E-state index is 0.137. The van der Waals surface area contributed by atoms with Crippen LogP contribution in [0.3, 0.4) is 0 Å². The lowest BCUT2D eigenvalue weighted by Crippen LogP contribution is -2.27. The van der Waals surface area contributed by atoms with Crippen molar-refractivity contribution in [2.24, 2.45) is 0 Å². The summed E-state index contributed by atoms with van der Waals surface area (Å²) in [6.07, 6.45) is -6.83. The second-order valence-corrected chi connectivity index (χ2v) is 9.65. The van der Waals surface area contributed by atoms with Gasteiger partial charge in [0, 0.05) is 12.1 Å². The fourth-order valence-electron chi connectivity index (χ4n) is 3.20. The third kappa shape index (κ3) is 6.55. The summed E-state index contributed by atoms with van der Waals surface area (Å²) in [5.41, 5.74) is 1.29. The first kappa shape index (κ1) is 24.7. The predicted octanol–water partition coefficient (Wildman–Crippen LogP) is 4.53. The van der Waals surface area contributed by atoms with Gasteiger partial charge in [-0.25, -0.2) is 18.4 Å². The molecular weight excluding hydrogens is 457 g/mol. The molecular formula is C22H25F3N4O3S. The van der Waals surface area contributed by atoms with Crippen molar-refractivity contribution in [3.8, 4) is 5.88 Å². The van der Waals surface area contributed by atoms with Crippen LogP contribution in [0.2, 0.25) is 0 Å². The van der Waals surface area contributed by atoms with Crippen molar-refractivity contribution >= 4 is 26.9 Å². The van der Waals surface area contributed by atoms with E-state index in [1.165, 1.54) is 12.1 Å². The summed E-state index contributed by atoms with van der Waals surface area (Å²) in [5.74, 6) is -1.16. The number of halogens is 3. The predicted molar refractivity (Wildman–Crippen MR) is 120 cm³/mol. The van der Waals surface area contributed by atoms with Crippen molar-refractivity contribution < 1.29 is 26.3 Å². The van der Waals surface area contributed by atoms with Crippen molar-refractivity contribution in [2.45, 2.75) is 32.2 Å². The summed E-state index contributed by atoms with van der Waals surface area (Å²) in [7, 11) is -0.135. The van der Waals surface area contributed by atoms with Gasteiger partial charge in [-0.1, -0.05) is 43.3 Å². The Hall–Kier alpha value is -2.92. The van der Waals surface area contributed by atoms with E-state index in [4.69, 9.17) is 4.74 Å². The lowest BCUT2D eigenvalue weighted by molar-refractivity contribution is -0.198. The van der Waals surface area contributed by atoms with E-state index < -0.39 is 28.2 Å². The highest BCUT2D eigenvalue weighted by atomic mass is 32.2. The second kappa shape index (κ2) is 9.92. The van der Waals surface area contributed by atoms with Crippen molar-refractivity contribution in [3.05, 3.63) is 59.7 Å². The van der Waals surface area contributed by atoms with Crippen LogP contribution in [0.4, 0.5) is 19.0 Å². The molecule has 0 aliphatic rings. The molecule has 0 amide bonds. The number of rotatable bonds is 9. The molecule has 11 heteroatoms. The summed E-state index contributed by atoms with van der Waals surface area (Å²) < 4.78 is 74.1. The number of fused-ring (bicyclic) bond motifs is 1. The number of ether oxygens (including phenoxy) is 1. The van der Waals surface area contributed by atoms with Crippen LogP contribution in [0.5, 0.6) is 5.88 Å². The van der Waals surface area contributed by atoms with Crippen molar-refractivity contribution in [1.82, 2.24) is 14.9 Å². The molecule has 3 rings (SSSR count). The van der Waals surface area contributed by atoms with E-state index in [0.29, 0.717) is 18.5 Å². The summed E-state index contributed by atoms with van der Waals surface area (Å²) in [6.45, 7) is 2.24. The Kier molecular flexibility index (Phi) is 7.43. The summed E-state index contributed by atoms with van der Waals surface area (Å²) >= 11 is 0. The number of aromatic nitrogens is 2. The molecule has 0 radical (unpaired) electrons. The highest BCUT2D eigenvalue weighted by molar-refractivity contribution is 7.92. The van der Waals surface area contributed by atoms with Crippen LogP contribution in [-0.4, -0.2) is 49.3 Å². The molecule has 1 unspecified atom stereocenters. The van der Waals surface area contributed by atoms with E-state index in [1.807, 2.05) is 19.0 Å². The minimum atomic E-state index is -4.78. The molecule has 7 nitrogen and oxygen atoms in total. The van der Waals surface area contributed by atoms with Crippen LogP contribution in [-0.2, 0) is 16.6 Å². The number of anilines is 1. The Balaban J connectivity index is 2.03. The molecule has 1 atom stereocenters. The first-order chi connectivity index (χ1) is 15.5. The molecule has 0 saturated carbocycles. The maximum atomic E-state index is 14.0. The lowest BCUT2D eigenvalue weighted by atomic mass is 10.1. The molecule has 3 aromatic rings. The zero-order valence-corrected chi connectivity index (χ0v) is 19.2. The Morgan fingerprint density at radius 3 is 2.18 bits per heavy atom. The van der Waals surface area contributed by atoms with Gasteiger partial charge in [-0.3, -0.25) is 4.72 Å². The zero-order chi connectivity index (χ0) is 24.2. The number of hydrogen-bond donors (Lipinski definition) is 1.